The van der Waals surface area contributed by atoms with Crippen LogP contribution in [0.3, 0.4) is 0 Å². The highest BCUT2D eigenvalue weighted by molar-refractivity contribution is 5.97. The van der Waals surface area contributed by atoms with E-state index in [0.717, 1.165) is 6.42 Å². The zero-order valence-corrected chi connectivity index (χ0v) is 16.7. The minimum absolute atomic E-state index is 0.148. The molecule has 0 aliphatic rings. The summed E-state index contributed by atoms with van der Waals surface area (Å²) < 4.78 is 5.13. The van der Waals surface area contributed by atoms with Crippen molar-refractivity contribution in [1.29, 1.82) is 0 Å². The van der Waals surface area contributed by atoms with Gasteiger partial charge in [0, 0.05) is 12.0 Å². The number of ether oxygens (including phenoxy) is 1. The first-order valence-corrected chi connectivity index (χ1v) is 10.4. The van der Waals surface area contributed by atoms with E-state index in [0.29, 0.717) is 17.9 Å². The number of hydrogen-bond acceptors (Lipinski definition) is 3. The van der Waals surface area contributed by atoms with Gasteiger partial charge in [-0.05, 0) is 5.92 Å². The van der Waals surface area contributed by atoms with Crippen molar-refractivity contribution in [3.63, 3.8) is 0 Å². The third-order valence-electron chi connectivity index (χ3n) is 4.78. The van der Waals surface area contributed by atoms with Gasteiger partial charge in [0.05, 0.1) is 0 Å². The Hall–Kier alpha value is -1.64. The molecule has 146 valence electrons. The molecule has 0 bridgehead atoms. The van der Waals surface area contributed by atoms with E-state index in [1.165, 1.54) is 57.8 Å². The van der Waals surface area contributed by atoms with Gasteiger partial charge < -0.3 is 4.74 Å². The number of hydrogen-bond donors (Lipinski definition) is 0. The number of Topliss-reactive ketones (excluding diaryl/α,β-unsaturated/α-hetero) is 1. The quantitative estimate of drug-likeness (QED) is 0.208. The molecule has 1 aromatic rings. The van der Waals surface area contributed by atoms with Gasteiger partial charge in [-0.3, -0.25) is 9.59 Å². The first-order valence-electron chi connectivity index (χ1n) is 10.4. The van der Waals surface area contributed by atoms with Crippen LogP contribution in [0.1, 0.15) is 94.8 Å². The standard InChI is InChI=1S/C23H36O3/c1-3-4-5-6-7-8-9-10-12-15-20(2)18-23(25)26-19-22(24)21-16-13-11-14-17-21/h11,13-14,16-17,20H,3-10,12,15,18-19H2,1-2H3/t20-/m1/s1. The van der Waals surface area contributed by atoms with Crippen LogP contribution < -0.4 is 0 Å². The lowest BCUT2D eigenvalue weighted by Gasteiger charge is -2.11. The van der Waals surface area contributed by atoms with E-state index in [1.54, 1.807) is 12.1 Å². The van der Waals surface area contributed by atoms with E-state index in [1.807, 2.05) is 18.2 Å². The van der Waals surface area contributed by atoms with Crippen LogP contribution in [0.2, 0.25) is 0 Å². The molecule has 0 unspecified atom stereocenters. The van der Waals surface area contributed by atoms with Gasteiger partial charge in [-0.15, -0.1) is 0 Å². The minimum atomic E-state index is -0.266. The average molecular weight is 361 g/mol. The Kier molecular flexibility index (Phi) is 12.5. The van der Waals surface area contributed by atoms with E-state index in [9.17, 15) is 9.59 Å². The third kappa shape index (κ3) is 11.1. The molecule has 1 atom stereocenters. The number of carbonyl (C=O) groups excluding carboxylic acids is 2. The summed E-state index contributed by atoms with van der Waals surface area (Å²) in [6.45, 7) is 4.18. The van der Waals surface area contributed by atoms with Crippen LogP contribution in [0.4, 0.5) is 0 Å². The van der Waals surface area contributed by atoms with Crippen LogP contribution in [0.5, 0.6) is 0 Å². The Morgan fingerprint density at radius 1 is 0.885 bits per heavy atom. The highest BCUT2D eigenvalue weighted by atomic mass is 16.5. The first kappa shape index (κ1) is 22.4. The van der Waals surface area contributed by atoms with E-state index in [4.69, 9.17) is 4.74 Å². The van der Waals surface area contributed by atoms with E-state index in [-0.39, 0.29) is 18.4 Å². The fourth-order valence-corrected chi connectivity index (χ4v) is 3.10. The van der Waals surface area contributed by atoms with Gasteiger partial charge in [0.2, 0.25) is 0 Å². The van der Waals surface area contributed by atoms with Crippen molar-refractivity contribution in [2.24, 2.45) is 5.92 Å². The van der Waals surface area contributed by atoms with Crippen LogP contribution in [-0.4, -0.2) is 18.4 Å². The topological polar surface area (TPSA) is 43.4 Å². The second-order valence-corrected chi connectivity index (χ2v) is 7.38. The maximum Gasteiger partial charge on any atom is 0.306 e. The molecule has 0 saturated carbocycles. The van der Waals surface area contributed by atoms with Crippen molar-refractivity contribution in [2.75, 3.05) is 6.61 Å². The molecule has 0 aliphatic heterocycles. The molecule has 0 aromatic heterocycles. The Morgan fingerprint density at radius 2 is 1.46 bits per heavy atom. The van der Waals surface area contributed by atoms with Gasteiger partial charge in [0.25, 0.3) is 0 Å². The molecule has 3 nitrogen and oxygen atoms in total. The van der Waals surface area contributed by atoms with Crippen LogP contribution >= 0.6 is 0 Å². The molecule has 0 spiro atoms. The van der Waals surface area contributed by atoms with Gasteiger partial charge in [-0.25, -0.2) is 0 Å². The number of esters is 1. The number of carbonyl (C=O) groups is 2. The highest BCUT2D eigenvalue weighted by Gasteiger charge is 2.13. The molecule has 0 fully saturated rings. The van der Waals surface area contributed by atoms with Crippen LogP contribution in [0, 0.1) is 5.92 Å². The van der Waals surface area contributed by atoms with Gasteiger partial charge in [0.15, 0.2) is 12.4 Å². The Labute approximate surface area is 159 Å². The summed E-state index contributed by atoms with van der Waals surface area (Å²) in [7, 11) is 0. The fourth-order valence-electron chi connectivity index (χ4n) is 3.10. The molecule has 0 saturated heterocycles. The molecule has 0 N–H and O–H groups in total. The summed E-state index contributed by atoms with van der Waals surface area (Å²) in [6.07, 6.45) is 13.3. The summed E-state index contributed by atoms with van der Waals surface area (Å²) in [5.41, 5.74) is 0.586. The molecule has 0 radical (unpaired) electrons. The van der Waals surface area contributed by atoms with Crippen molar-refractivity contribution in [1.82, 2.24) is 0 Å². The van der Waals surface area contributed by atoms with Gasteiger partial charge >= 0.3 is 5.97 Å². The zero-order chi connectivity index (χ0) is 19.0. The summed E-state index contributed by atoms with van der Waals surface area (Å²) >= 11 is 0. The largest absolute Gasteiger partial charge is 0.457 e. The lowest BCUT2D eigenvalue weighted by molar-refractivity contribution is -0.143. The molecule has 1 rings (SSSR count). The van der Waals surface area contributed by atoms with Gasteiger partial charge in [-0.1, -0.05) is 108 Å². The highest BCUT2D eigenvalue weighted by Crippen LogP contribution is 2.16. The number of benzene rings is 1. The molecule has 3 heteroatoms. The Balaban J connectivity index is 2.02. The Morgan fingerprint density at radius 3 is 2.08 bits per heavy atom. The number of rotatable bonds is 15. The van der Waals surface area contributed by atoms with Crippen LogP contribution in [-0.2, 0) is 9.53 Å². The van der Waals surface area contributed by atoms with Crippen molar-refractivity contribution in [3.05, 3.63) is 35.9 Å². The summed E-state index contributed by atoms with van der Waals surface area (Å²) in [5.74, 6) is -0.0953. The average Bonchev–Trinajstić information content (AvgIpc) is 2.65. The lowest BCUT2D eigenvalue weighted by atomic mass is 9.99. The summed E-state index contributed by atoms with van der Waals surface area (Å²) in [4.78, 5) is 23.8. The Bertz CT molecular complexity index is 495. The van der Waals surface area contributed by atoms with Crippen molar-refractivity contribution < 1.29 is 14.3 Å². The smallest absolute Gasteiger partial charge is 0.306 e. The van der Waals surface area contributed by atoms with E-state index < -0.39 is 0 Å². The van der Waals surface area contributed by atoms with Gasteiger partial charge in [0.1, 0.15) is 0 Å². The zero-order valence-electron chi connectivity index (χ0n) is 16.7. The molecule has 0 heterocycles. The van der Waals surface area contributed by atoms with Crippen LogP contribution in [0.15, 0.2) is 30.3 Å². The molecule has 0 amide bonds. The normalized spacial score (nSPS) is 11.9. The molecular weight excluding hydrogens is 324 g/mol. The monoisotopic (exact) mass is 360 g/mol. The predicted octanol–water partition coefficient (Wildman–Crippen LogP) is 6.36. The molecule has 26 heavy (non-hydrogen) atoms. The fraction of sp³-hybridized carbons (Fsp3) is 0.652. The predicted molar refractivity (Wildman–Crippen MR) is 107 cm³/mol. The minimum Gasteiger partial charge on any atom is -0.457 e. The van der Waals surface area contributed by atoms with E-state index >= 15 is 0 Å². The summed E-state index contributed by atoms with van der Waals surface area (Å²) in [5, 5.41) is 0. The molecule has 0 aliphatic carbocycles. The van der Waals surface area contributed by atoms with E-state index in [2.05, 4.69) is 13.8 Å². The van der Waals surface area contributed by atoms with Gasteiger partial charge in [-0.2, -0.15) is 0 Å². The summed E-state index contributed by atoms with van der Waals surface area (Å²) in [6, 6.07) is 8.95. The third-order valence-corrected chi connectivity index (χ3v) is 4.78. The van der Waals surface area contributed by atoms with Crippen LogP contribution in [0.25, 0.3) is 0 Å². The lowest BCUT2D eigenvalue weighted by Crippen LogP contribution is -2.16. The SMILES string of the molecule is CCCCCCCCCCC[C@@H](C)CC(=O)OCC(=O)c1ccccc1. The number of unbranched alkanes of at least 4 members (excludes halogenated alkanes) is 8. The van der Waals surface area contributed by atoms with Crippen molar-refractivity contribution in [2.45, 2.75) is 84.5 Å². The molecule has 1 aromatic carbocycles. The second-order valence-electron chi connectivity index (χ2n) is 7.38. The second kappa shape index (κ2) is 14.5. The number of ketones is 1. The van der Waals surface area contributed by atoms with Crippen molar-refractivity contribution >= 4 is 11.8 Å². The maximum atomic E-state index is 11.9. The first-order chi connectivity index (χ1) is 12.6. The maximum absolute atomic E-state index is 11.9. The van der Waals surface area contributed by atoms with Crippen molar-refractivity contribution in [3.8, 4) is 0 Å². The molecular formula is C23H36O3.